The van der Waals surface area contributed by atoms with Crippen LogP contribution in [0.1, 0.15) is 25.5 Å². The highest BCUT2D eigenvalue weighted by atomic mass is 35.5. The fraction of sp³-hybridized carbons (Fsp3) is 0.417. The van der Waals surface area contributed by atoms with Crippen LogP contribution in [0, 0.1) is 0 Å². The minimum Gasteiger partial charge on any atom is -0.355 e. The molecule has 0 unspecified atom stereocenters. The Morgan fingerprint density at radius 1 is 1.38 bits per heavy atom. The van der Waals surface area contributed by atoms with Crippen molar-refractivity contribution in [2.24, 2.45) is 0 Å². The molecule has 4 heteroatoms. The molecule has 2 N–H and O–H groups in total. The lowest BCUT2D eigenvalue weighted by Crippen LogP contribution is -2.31. The summed E-state index contributed by atoms with van der Waals surface area (Å²) in [4.78, 5) is 10.7. The summed E-state index contributed by atoms with van der Waals surface area (Å²) in [6.07, 6.45) is 0. The fourth-order valence-electron chi connectivity index (χ4n) is 1.46. The van der Waals surface area contributed by atoms with Crippen molar-refractivity contribution in [2.75, 3.05) is 13.1 Å². The van der Waals surface area contributed by atoms with Crippen molar-refractivity contribution in [1.82, 2.24) is 10.6 Å². The third-order valence-corrected chi connectivity index (χ3v) is 2.67. The van der Waals surface area contributed by atoms with Gasteiger partial charge in [0.1, 0.15) is 0 Å². The number of rotatable bonds is 5. The largest absolute Gasteiger partial charge is 0.355 e. The normalized spacial score (nSPS) is 12.2. The van der Waals surface area contributed by atoms with E-state index in [1.165, 1.54) is 6.92 Å². The number of amides is 1. The topological polar surface area (TPSA) is 41.1 Å². The zero-order chi connectivity index (χ0) is 12.0. The summed E-state index contributed by atoms with van der Waals surface area (Å²) in [6, 6.07) is 7.94. The molecule has 1 rings (SSSR count). The van der Waals surface area contributed by atoms with Crippen LogP contribution in [0.15, 0.2) is 24.3 Å². The minimum absolute atomic E-state index is 0.00723. The maximum atomic E-state index is 10.7. The number of carbonyl (C=O) groups excluding carboxylic acids is 1. The van der Waals surface area contributed by atoms with E-state index < -0.39 is 0 Å². The van der Waals surface area contributed by atoms with Gasteiger partial charge in [-0.15, -0.1) is 0 Å². The van der Waals surface area contributed by atoms with Gasteiger partial charge in [0.2, 0.25) is 5.91 Å². The van der Waals surface area contributed by atoms with E-state index in [-0.39, 0.29) is 11.9 Å². The van der Waals surface area contributed by atoms with E-state index in [0.717, 1.165) is 17.1 Å². The zero-order valence-corrected chi connectivity index (χ0v) is 10.3. The molecule has 1 aromatic rings. The maximum absolute atomic E-state index is 10.7. The van der Waals surface area contributed by atoms with E-state index in [4.69, 9.17) is 11.6 Å². The van der Waals surface area contributed by atoms with Crippen molar-refractivity contribution in [3.8, 4) is 0 Å². The van der Waals surface area contributed by atoms with Gasteiger partial charge in [-0.05, 0) is 18.6 Å². The van der Waals surface area contributed by atoms with Crippen LogP contribution in [-0.4, -0.2) is 19.0 Å². The predicted molar refractivity (Wildman–Crippen MR) is 66.6 cm³/mol. The highest BCUT2D eigenvalue weighted by Crippen LogP contribution is 2.21. The van der Waals surface area contributed by atoms with Crippen molar-refractivity contribution >= 4 is 17.5 Å². The molecule has 0 saturated heterocycles. The average molecular weight is 241 g/mol. The molecule has 0 bridgehead atoms. The van der Waals surface area contributed by atoms with Crippen LogP contribution in [-0.2, 0) is 4.79 Å². The Labute approximate surface area is 101 Å². The van der Waals surface area contributed by atoms with Crippen molar-refractivity contribution in [1.29, 1.82) is 0 Å². The molecule has 0 radical (unpaired) electrons. The van der Waals surface area contributed by atoms with Gasteiger partial charge in [0.15, 0.2) is 0 Å². The molecular weight excluding hydrogens is 224 g/mol. The first-order valence-corrected chi connectivity index (χ1v) is 5.71. The van der Waals surface area contributed by atoms with Crippen LogP contribution in [0.2, 0.25) is 5.02 Å². The Morgan fingerprint density at radius 3 is 2.69 bits per heavy atom. The van der Waals surface area contributed by atoms with E-state index >= 15 is 0 Å². The van der Waals surface area contributed by atoms with Gasteiger partial charge < -0.3 is 10.6 Å². The van der Waals surface area contributed by atoms with Gasteiger partial charge >= 0.3 is 0 Å². The number of halogens is 1. The quantitative estimate of drug-likeness (QED) is 0.775. The predicted octanol–water partition coefficient (Wildman–Crippen LogP) is 2.13. The highest BCUT2D eigenvalue weighted by molar-refractivity contribution is 6.31. The highest BCUT2D eigenvalue weighted by Gasteiger charge is 2.07. The second-order valence-corrected chi connectivity index (χ2v) is 4.09. The number of hydrogen-bond acceptors (Lipinski definition) is 2. The van der Waals surface area contributed by atoms with Gasteiger partial charge in [0.05, 0.1) is 0 Å². The second kappa shape index (κ2) is 6.51. The average Bonchev–Trinajstić information content (AvgIpc) is 2.24. The van der Waals surface area contributed by atoms with Crippen LogP contribution in [0.25, 0.3) is 0 Å². The van der Waals surface area contributed by atoms with Crippen LogP contribution in [0.3, 0.4) is 0 Å². The number of benzene rings is 1. The number of hydrogen-bond donors (Lipinski definition) is 2. The number of carbonyl (C=O) groups is 1. The van der Waals surface area contributed by atoms with Gasteiger partial charge in [-0.1, -0.05) is 29.8 Å². The van der Waals surface area contributed by atoms with E-state index in [1.54, 1.807) is 0 Å². The van der Waals surface area contributed by atoms with Gasteiger partial charge in [-0.25, -0.2) is 0 Å². The summed E-state index contributed by atoms with van der Waals surface area (Å²) < 4.78 is 0. The summed E-state index contributed by atoms with van der Waals surface area (Å²) in [5.41, 5.74) is 1.08. The monoisotopic (exact) mass is 240 g/mol. The molecule has 88 valence electrons. The van der Waals surface area contributed by atoms with Gasteiger partial charge in [-0.3, -0.25) is 4.79 Å². The summed E-state index contributed by atoms with van der Waals surface area (Å²) in [7, 11) is 0. The molecule has 0 aliphatic carbocycles. The van der Waals surface area contributed by atoms with Crippen molar-refractivity contribution in [3.05, 3.63) is 34.9 Å². The lowest BCUT2D eigenvalue weighted by molar-refractivity contribution is -0.118. The van der Waals surface area contributed by atoms with Crippen molar-refractivity contribution in [2.45, 2.75) is 19.9 Å². The molecule has 0 aromatic heterocycles. The Balaban J connectivity index is 2.38. The smallest absolute Gasteiger partial charge is 0.216 e. The van der Waals surface area contributed by atoms with Crippen LogP contribution >= 0.6 is 11.6 Å². The van der Waals surface area contributed by atoms with Crippen LogP contribution < -0.4 is 10.6 Å². The fourth-order valence-corrected chi connectivity index (χ4v) is 1.76. The minimum atomic E-state index is -0.00723. The Bertz CT molecular complexity index is 355. The van der Waals surface area contributed by atoms with Crippen molar-refractivity contribution in [3.63, 3.8) is 0 Å². The van der Waals surface area contributed by atoms with Crippen LogP contribution in [0.4, 0.5) is 0 Å². The molecule has 0 aliphatic heterocycles. The molecular formula is C12H17ClN2O. The summed E-state index contributed by atoms with van der Waals surface area (Å²) in [6.45, 7) is 4.92. The lowest BCUT2D eigenvalue weighted by atomic mass is 10.1. The van der Waals surface area contributed by atoms with Gasteiger partial charge in [0.25, 0.3) is 0 Å². The Kier molecular flexibility index (Phi) is 5.29. The van der Waals surface area contributed by atoms with E-state index in [0.29, 0.717) is 6.54 Å². The first kappa shape index (κ1) is 13.0. The molecule has 0 saturated carbocycles. The molecule has 1 atom stereocenters. The van der Waals surface area contributed by atoms with E-state index in [9.17, 15) is 4.79 Å². The molecule has 16 heavy (non-hydrogen) atoms. The molecule has 0 heterocycles. The first-order valence-electron chi connectivity index (χ1n) is 5.33. The first-order chi connectivity index (χ1) is 7.61. The van der Waals surface area contributed by atoms with E-state index in [2.05, 4.69) is 17.6 Å². The summed E-state index contributed by atoms with van der Waals surface area (Å²) in [5.74, 6) is -0.00723. The molecule has 1 aromatic carbocycles. The summed E-state index contributed by atoms with van der Waals surface area (Å²) >= 11 is 6.07. The third-order valence-electron chi connectivity index (χ3n) is 2.32. The third kappa shape index (κ3) is 4.21. The molecule has 0 aliphatic rings. The Hall–Kier alpha value is -1.06. The number of nitrogens with one attached hydrogen (secondary N) is 2. The molecule has 0 fully saturated rings. The lowest BCUT2D eigenvalue weighted by Gasteiger charge is -2.15. The second-order valence-electron chi connectivity index (χ2n) is 3.68. The Morgan fingerprint density at radius 2 is 2.06 bits per heavy atom. The standard InChI is InChI=1S/C12H17ClN2O/c1-9(14-7-8-15-10(2)16)11-5-3-4-6-12(11)13/h3-6,9,14H,7-8H2,1-2H3,(H,15,16)/t9-/m1/s1. The van der Waals surface area contributed by atoms with Gasteiger partial charge in [-0.2, -0.15) is 0 Å². The van der Waals surface area contributed by atoms with Gasteiger partial charge in [0, 0.05) is 31.1 Å². The van der Waals surface area contributed by atoms with Crippen molar-refractivity contribution < 1.29 is 4.79 Å². The SMILES string of the molecule is CC(=O)NCCN[C@H](C)c1ccccc1Cl. The van der Waals surface area contributed by atoms with Crippen LogP contribution in [0.5, 0.6) is 0 Å². The maximum Gasteiger partial charge on any atom is 0.216 e. The summed E-state index contributed by atoms with van der Waals surface area (Å²) in [5, 5.41) is 6.79. The zero-order valence-electron chi connectivity index (χ0n) is 9.59. The molecule has 0 spiro atoms. The molecule has 1 amide bonds. The van der Waals surface area contributed by atoms with E-state index in [1.807, 2.05) is 24.3 Å². The molecule has 3 nitrogen and oxygen atoms in total.